The summed E-state index contributed by atoms with van der Waals surface area (Å²) in [4.78, 5) is 12.5. The second-order valence-electron chi connectivity index (χ2n) is 6.98. The molecule has 0 spiro atoms. The molecule has 1 saturated heterocycles. The van der Waals surface area contributed by atoms with Crippen LogP contribution in [0, 0.1) is 0 Å². The molecule has 0 unspecified atom stereocenters. The zero-order valence-corrected chi connectivity index (χ0v) is 19.4. The largest absolute Gasteiger partial charge is 0.325 e. The zero-order chi connectivity index (χ0) is 20.7. The summed E-state index contributed by atoms with van der Waals surface area (Å²) in [6.45, 7) is 1.16. The van der Waals surface area contributed by atoms with E-state index >= 15 is 0 Å². The first-order valence-corrected chi connectivity index (χ1v) is 13.1. The second-order valence-corrected chi connectivity index (χ2v) is 10.8. The molecule has 0 saturated carbocycles. The molecule has 1 amide bonds. The molecular formula is C21H25BrN2O3S2. The van der Waals surface area contributed by atoms with E-state index in [1.54, 1.807) is 28.6 Å². The molecule has 2 aromatic rings. The van der Waals surface area contributed by atoms with Gasteiger partial charge in [-0.2, -0.15) is 4.31 Å². The summed E-state index contributed by atoms with van der Waals surface area (Å²) in [7, 11) is -3.47. The van der Waals surface area contributed by atoms with E-state index in [0.29, 0.717) is 24.5 Å². The molecule has 0 radical (unpaired) electrons. The van der Waals surface area contributed by atoms with Gasteiger partial charge in [-0.3, -0.25) is 4.79 Å². The lowest BCUT2D eigenvalue weighted by molar-refractivity contribution is -0.113. The Morgan fingerprint density at radius 1 is 1.00 bits per heavy atom. The normalized spacial score (nSPS) is 15.6. The van der Waals surface area contributed by atoms with Gasteiger partial charge in [0.1, 0.15) is 0 Å². The van der Waals surface area contributed by atoms with E-state index in [4.69, 9.17) is 0 Å². The Balaban J connectivity index is 1.53. The van der Waals surface area contributed by atoms with Crippen molar-refractivity contribution in [2.45, 2.75) is 36.3 Å². The van der Waals surface area contributed by atoms with Crippen molar-refractivity contribution in [1.29, 1.82) is 0 Å². The highest BCUT2D eigenvalue weighted by Gasteiger charge is 2.24. The number of sulfonamides is 1. The summed E-state index contributed by atoms with van der Waals surface area (Å²) < 4.78 is 28.2. The Morgan fingerprint density at radius 2 is 1.66 bits per heavy atom. The fourth-order valence-corrected chi connectivity index (χ4v) is 6.17. The van der Waals surface area contributed by atoms with Gasteiger partial charge in [0.25, 0.3) is 0 Å². The van der Waals surface area contributed by atoms with E-state index in [1.807, 2.05) is 24.3 Å². The predicted octanol–water partition coefficient (Wildman–Crippen LogP) is 4.89. The Bertz CT molecular complexity index is 925. The van der Waals surface area contributed by atoms with Crippen LogP contribution in [0.1, 0.15) is 31.2 Å². The summed E-state index contributed by atoms with van der Waals surface area (Å²) in [5, 5.41) is 2.83. The first-order valence-electron chi connectivity index (χ1n) is 9.68. The average Bonchev–Trinajstić information content (AvgIpc) is 3.00. The average molecular weight is 497 g/mol. The van der Waals surface area contributed by atoms with Crippen molar-refractivity contribution < 1.29 is 13.2 Å². The molecular weight excluding hydrogens is 472 g/mol. The van der Waals surface area contributed by atoms with E-state index in [0.717, 1.165) is 41.5 Å². The molecule has 0 aliphatic carbocycles. The molecule has 1 aliphatic rings. The van der Waals surface area contributed by atoms with Crippen molar-refractivity contribution in [1.82, 2.24) is 4.31 Å². The number of hydrogen-bond acceptors (Lipinski definition) is 4. The van der Waals surface area contributed by atoms with Crippen LogP contribution in [0.2, 0.25) is 0 Å². The number of carbonyl (C=O) groups excluding carboxylic acids is 1. The smallest absolute Gasteiger partial charge is 0.243 e. The van der Waals surface area contributed by atoms with Crippen LogP contribution < -0.4 is 5.32 Å². The summed E-state index contributed by atoms with van der Waals surface area (Å²) in [5.74, 6) is 0.960. The van der Waals surface area contributed by atoms with Crippen molar-refractivity contribution in [3.05, 3.63) is 58.6 Å². The minimum absolute atomic E-state index is 0.106. The molecule has 156 valence electrons. The Kier molecular flexibility index (Phi) is 8.17. The maximum atomic E-state index is 12.8. The highest BCUT2D eigenvalue weighted by atomic mass is 79.9. The molecule has 1 heterocycles. The van der Waals surface area contributed by atoms with Gasteiger partial charge >= 0.3 is 0 Å². The van der Waals surface area contributed by atoms with Gasteiger partial charge in [0, 0.05) is 29.0 Å². The highest BCUT2D eigenvalue weighted by molar-refractivity contribution is 9.10. The van der Waals surface area contributed by atoms with Crippen LogP contribution in [-0.4, -0.2) is 37.5 Å². The number of nitrogens with one attached hydrogen (secondary N) is 1. The van der Waals surface area contributed by atoms with Gasteiger partial charge in [-0.05, 0) is 48.7 Å². The minimum atomic E-state index is -3.47. The molecule has 3 rings (SSSR count). The number of thioether (sulfide) groups is 1. The topological polar surface area (TPSA) is 66.5 Å². The van der Waals surface area contributed by atoms with Crippen LogP contribution in [0.15, 0.2) is 57.9 Å². The van der Waals surface area contributed by atoms with Crippen molar-refractivity contribution >= 4 is 49.3 Å². The maximum absolute atomic E-state index is 12.8. The molecule has 8 heteroatoms. The summed E-state index contributed by atoms with van der Waals surface area (Å²) in [6.07, 6.45) is 3.97. The lowest BCUT2D eigenvalue weighted by Crippen LogP contribution is -2.31. The van der Waals surface area contributed by atoms with E-state index < -0.39 is 10.0 Å². The fraction of sp³-hybridized carbons (Fsp3) is 0.381. The lowest BCUT2D eigenvalue weighted by Gasteiger charge is -2.20. The first kappa shape index (κ1) is 22.3. The molecule has 0 atom stereocenters. The van der Waals surface area contributed by atoms with Gasteiger partial charge in [-0.25, -0.2) is 8.42 Å². The second kappa shape index (κ2) is 10.6. The number of carbonyl (C=O) groups is 1. The highest BCUT2D eigenvalue weighted by Crippen LogP contribution is 2.23. The number of hydrogen-bond donors (Lipinski definition) is 1. The number of rotatable bonds is 7. The van der Waals surface area contributed by atoms with E-state index in [2.05, 4.69) is 21.2 Å². The van der Waals surface area contributed by atoms with Gasteiger partial charge in [0.2, 0.25) is 15.9 Å². The third-order valence-electron chi connectivity index (χ3n) is 4.79. The van der Waals surface area contributed by atoms with Crippen molar-refractivity contribution in [2.24, 2.45) is 0 Å². The van der Waals surface area contributed by atoms with Crippen molar-refractivity contribution in [2.75, 3.05) is 24.2 Å². The standard InChI is InChI=1S/C21H25BrN2O3S2/c22-20-8-4-3-7-17(20)15-28-16-21(25)23-18-9-11-19(12-10-18)29(26,27)24-13-5-1-2-6-14-24/h3-4,7-12H,1-2,5-6,13-16H2,(H,23,25). The summed E-state index contributed by atoms with van der Waals surface area (Å²) in [6, 6.07) is 14.4. The minimum Gasteiger partial charge on any atom is -0.325 e. The molecule has 29 heavy (non-hydrogen) atoms. The van der Waals surface area contributed by atoms with Gasteiger partial charge in [0.05, 0.1) is 10.6 Å². The van der Waals surface area contributed by atoms with E-state index in [9.17, 15) is 13.2 Å². The van der Waals surface area contributed by atoms with Crippen LogP contribution in [0.3, 0.4) is 0 Å². The van der Waals surface area contributed by atoms with Crippen LogP contribution in [0.25, 0.3) is 0 Å². The van der Waals surface area contributed by atoms with Crippen LogP contribution in [0.5, 0.6) is 0 Å². The number of benzene rings is 2. The van der Waals surface area contributed by atoms with E-state index in [1.165, 1.54) is 11.8 Å². The molecule has 1 N–H and O–H groups in total. The van der Waals surface area contributed by atoms with Gasteiger partial charge in [-0.15, -0.1) is 11.8 Å². The monoisotopic (exact) mass is 496 g/mol. The number of anilines is 1. The third-order valence-corrected chi connectivity index (χ3v) is 8.46. The molecule has 1 aliphatic heterocycles. The lowest BCUT2D eigenvalue weighted by atomic mass is 10.2. The predicted molar refractivity (Wildman–Crippen MR) is 123 cm³/mol. The molecule has 0 bridgehead atoms. The first-order chi connectivity index (χ1) is 14.0. The molecule has 5 nitrogen and oxygen atoms in total. The maximum Gasteiger partial charge on any atom is 0.243 e. The van der Waals surface area contributed by atoms with Crippen molar-refractivity contribution in [3.63, 3.8) is 0 Å². The number of halogens is 1. The quantitative estimate of drug-likeness (QED) is 0.592. The summed E-state index contributed by atoms with van der Waals surface area (Å²) >= 11 is 5.04. The zero-order valence-electron chi connectivity index (χ0n) is 16.1. The van der Waals surface area contributed by atoms with Crippen LogP contribution in [0.4, 0.5) is 5.69 Å². The van der Waals surface area contributed by atoms with Crippen LogP contribution in [-0.2, 0) is 20.6 Å². The molecule has 0 aromatic heterocycles. The summed E-state index contributed by atoms with van der Waals surface area (Å²) in [5.41, 5.74) is 1.75. The number of nitrogens with zero attached hydrogens (tertiary/aromatic N) is 1. The Hall–Kier alpha value is -1.35. The van der Waals surface area contributed by atoms with Gasteiger partial charge in [-0.1, -0.05) is 47.0 Å². The Morgan fingerprint density at radius 3 is 2.31 bits per heavy atom. The van der Waals surface area contributed by atoms with Gasteiger partial charge in [0.15, 0.2) is 0 Å². The number of amides is 1. The SMILES string of the molecule is O=C(CSCc1ccccc1Br)Nc1ccc(S(=O)(=O)N2CCCCCC2)cc1. The third kappa shape index (κ3) is 6.31. The fourth-order valence-electron chi connectivity index (χ4n) is 3.21. The molecule has 2 aromatic carbocycles. The Labute approximate surface area is 185 Å². The van der Waals surface area contributed by atoms with Gasteiger partial charge < -0.3 is 5.32 Å². The molecule has 1 fully saturated rings. The van der Waals surface area contributed by atoms with E-state index in [-0.39, 0.29) is 10.8 Å². The van der Waals surface area contributed by atoms with Crippen molar-refractivity contribution in [3.8, 4) is 0 Å². The van der Waals surface area contributed by atoms with Crippen LogP contribution >= 0.6 is 27.7 Å².